The molecule has 0 radical (unpaired) electrons. The molecule has 128 valence electrons. The summed E-state index contributed by atoms with van der Waals surface area (Å²) in [5, 5.41) is 16.9. The molecule has 0 saturated carbocycles. The lowest BCUT2D eigenvalue weighted by atomic mass is 9.99. The molecule has 0 aliphatic heterocycles. The highest BCUT2D eigenvalue weighted by Gasteiger charge is 2.13. The standard InChI is InChI=1S/C21H16N2O3/c24-20(25)13-23-21(26)18-11-4-3-10-17(18)19(22-23)12-15-8-5-7-14-6-1-2-9-16(14)15/h1-11H,12-13H2,(H,24,25). The Balaban J connectivity index is 1.91. The Morgan fingerprint density at radius 1 is 0.885 bits per heavy atom. The Morgan fingerprint density at radius 2 is 1.54 bits per heavy atom. The molecule has 4 aromatic rings. The first-order chi connectivity index (χ1) is 12.6. The second-order valence-electron chi connectivity index (χ2n) is 6.16. The zero-order valence-electron chi connectivity index (χ0n) is 13.9. The number of carboxylic acids is 1. The minimum absolute atomic E-state index is 0.385. The summed E-state index contributed by atoms with van der Waals surface area (Å²) in [6.07, 6.45) is 0.516. The molecule has 4 rings (SSSR count). The number of aliphatic carboxylic acids is 1. The van der Waals surface area contributed by atoms with Gasteiger partial charge in [-0.05, 0) is 22.4 Å². The van der Waals surface area contributed by atoms with Crippen LogP contribution in [0.3, 0.4) is 0 Å². The first kappa shape index (κ1) is 16.0. The molecule has 1 aromatic heterocycles. The monoisotopic (exact) mass is 344 g/mol. The van der Waals surface area contributed by atoms with Crippen molar-refractivity contribution in [3.05, 3.63) is 88.3 Å². The fourth-order valence-electron chi connectivity index (χ4n) is 3.30. The molecule has 1 heterocycles. The van der Waals surface area contributed by atoms with Crippen LogP contribution in [0.1, 0.15) is 11.3 Å². The zero-order chi connectivity index (χ0) is 18.1. The van der Waals surface area contributed by atoms with Gasteiger partial charge in [-0.2, -0.15) is 5.10 Å². The number of rotatable bonds is 4. The summed E-state index contributed by atoms with van der Waals surface area (Å²) >= 11 is 0. The van der Waals surface area contributed by atoms with Gasteiger partial charge in [0.05, 0.1) is 11.1 Å². The van der Waals surface area contributed by atoms with Gasteiger partial charge in [-0.15, -0.1) is 0 Å². The molecule has 26 heavy (non-hydrogen) atoms. The van der Waals surface area contributed by atoms with Crippen molar-refractivity contribution in [2.75, 3.05) is 0 Å². The van der Waals surface area contributed by atoms with Crippen LogP contribution in [0, 0.1) is 0 Å². The van der Waals surface area contributed by atoms with E-state index in [2.05, 4.69) is 23.3 Å². The number of carboxylic acid groups (broad SMARTS) is 1. The van der Waals surface area contributed by atoms with E-state index in [0.29, 0.717) is 17.5 Å². The molecule has 3 aromatic carbocycles. The molecule has 5 heteroatoms. The molecule has 0 amide bonds. The average Bonchev–Trinajstić information content (AvgIpc) is 2.65. The van der Waals surface area contributed by atoms with E-state index in [1.54, 1.807) is 12.1 Å². The fraction of sp³-hybridized carbons (Fsp3) is 0.0952. The summed E-state index contributed by atoms with van der Waals surface area (Å²) in [6.45, 7) is -0.452. The van der Waals surface area contributed by atoms with Crippen molar-refractivity contribution in [3.63, 3.8) is 0 Å². The summed E-state index contributed by atoms with van der Waals surface area (Å²) in [7, 11) is 0. The topological polar surface area (TPSA) is 72.2 Å². The largest absolute Gasteiger partial charge is 0.480 e. The third kappa shape index (κ3) is 2.84. The van der Waals surface area contributed by atoms with Crippen LogP contribution in [0.2, 0.25) is 0 Å². The molecule has 0 fully saturated rings. The van der Waals surface area contributed by atoms with Gasteiger partial charge < -0.3 is 5.11 Å². The third-order valence-corrected chi connectivity index (χ3v) is 4.47. The van der Waals surface area contributed by atoms with E-state index in [1.165, 1.54) is 0 Å². The second-order valence-corrected chi connectivity index (χ2v) is 6.16. The SMILES string of the molecule is O=C(O)Cn1nc(Cc2cccc3ccccc23)c2ccccc2c1=O. The van der Waals surface area contributed by atoms with Crippen LogP contribution in [0.4, 0.5) is 0 Å². The molecular formula is C21H16N2O3. The van der Waals surface area contributed by atoms with Crippen molar-refractivity contribution in [3.8, 4) is 0 Å². The number of hydrogen-bond donors (Lipinski definition) is 1. The van der Waals surface area contributed by atoms with Crippen molar-refractivity contribution >= 4 is 27.5 Å². The zero-order valence-corrected chi connectivity index (χ0v) is 13.9. The molecular weight excluding hydrogens is 328 g/mol. The van der Waals surface area contributed by atoms with E-state index in [0.717, 1.165) is 26.4 Å². The van der Waals surface area contributed by atoms with Crippen molar-refractivity contribution < 1.29 is 9.90 Å². The van der Waals surface area contributed by atoms with Gasteiger partial charge in [0, 0.05) is 11.8 Å². The number of carbonyl (C=O) groups is 1. The Hall–Kier alpha value is -3.47. The number of benzene rings is 3. The molecule has 0 aliphatic rings. The molecule has 0 spiro atoms. The van der Waals surface area contributed by atoms with Crippen LogP contribution in [-0.4, -0.2) is 20.9 Å². The summed E-state index contributed by atoms with van der Waals surface area (Å²) in [4.78, 5) is 23.6. The van der Waals surface area contributed by atoms with Gasteiger partial charge in [0.25, 0.3) is 5.56 Å². The maximum absolute atomic E-state index is 12.5. The number of hydrogen-bond acceptors (Lipinski definition) is 3. The van der Waals surface area contributed by atoms with E-state index in [-0.39, 0.29) is 5.56 Å². The molecule has 5 nitrogen and oxygen atoms in total. The van der Waals surface area contributed by atoms with Crippen molar-refractivity contribution in [1.82, 2.24) is 9.78 Å². The summed E-state index contributed by atoms with van der Waals surface area (Å²) < 4.78 is 1.03. The predicted molar refractivity (Wildman–Crippen MR) is 100 cm³/mol. The maximum Gasteiger partial charge on any atom is 0.325 e. The molecule has 0 saturated heterocycles. The lowest BCUT2D eigenvalue weighted by molar-refractivity contribution is -0.138. The molecule has 1 N–H and O–H groups in total. The third-order valence-electron chi connectivity index (χ3n) is 4.47. The van der Waals surface area contributed by atoms with Gasteiger partial charge in [-0.25, -0.2) is 4.68 Å². The van der Waals surface area contributed by atoms with E-state index in [1.807, 2.05) is 36.4 Å². The molecule has 0 bridgehead atoms. The van der Waals surface area contributed by atoms with Gasteiger partial charge in [-0.1, -0.05) is 60.7 Å². The highest BCUT2D eigenvalue weighted by molar-refractivity contribution is 5.88. The van der Waals surface area contributed by atoms with Gasteiger partial charge in [-0.3, -0.25) is 9.59 Å². The molecule has 0 unspecified atom stereocenters. The van der Waals surface area contributed by atoms with Crippen molar-refractivity contribution in [2.45, 2.75) is 13.0 Å². The van der Waals surface area contributed by atoms with E-state index < -0.39 is 12.5 Å². The van der Waals surface area contributed by atoms with Gasteiger partial charge in [0.15, 0.2) is 0 Å². The van der Waals surface area contributed by atoms with Crippen molar-refractivity contribution in [2.24, 2.45) is 0 Å². The van der Waals surface area contributed by atoms with E-state index >= 15 is 0 Å². The highest BCUT2D eigenvalue weighted by Crippen LogP contribution is 2.23. The lowest BCUT2D eigenvalue weighted by Crippen LogP contribution is -2.28. The number of nitrogens with zero attached hydrogens (tertiary/aromatic N) is 2. The van der Waals surface area contributed by atoms with Gasteiger partial charge in [0.2, 0.25) is 0 Å². The van der Waals surface area contributed by atoms with E-state index in [9.17, 15) is 9.59 Å². The van der Waals surface area contributed by atoms with Crippen LogP contribution in [0.15, 0.2) is 71.5 Å². The normalized spacial score (nSPS) is 11.1. The molecule has 0 aliphatic carbocycles. The number of fused-ring (bicyclic) bond motifs is 2. The van der Waals surface area contributed by atoms with Crippen LogP contribution >= 0.6 is 0 Å². The van der Waals surface area contributed by atoms with Crippen LogP contribution < -0.4 is 5.56 Å². The smallest absolute Gasteiger partial charge is 0.325 e. The Bertz CT molecular complexity index is 1190. The fourth-order valence-corrected chi connectivity index (χ4v) is 3.30. The average molecular weight is 344 g/mol. The van der Waals surface area contributed by atoms with Crippen molar-refractivity contribution in [1.29, 1.82) is 0 Å². The summed E-state index contributed by atoms with van der Waals surface area (Å²) in [6, 6.07) is 21.4. The summed E-state index contributed by atoms with van der Waals surface area (Å²) in [5.41, 5.74) is 1.39. The molecule has 0 atom stereocenters. The Morgan fingerprint density at radius 3 is 2.31 bits per heavy atom. The van der Waals surface area contributed by atoms with Gasteiger partial charge in [0.1, 0.15) is 6.54 Å². The maximum atomic E-state index is 12.5. The van der Waals surface area contributed by atoms with Crippen LogP contribution in [0.25, 0.3) is 21.5 Å². The first-order valence-electron chi connectivity index (χ1n) is 8.30. The minimum atomic E-state index is -1.09. The Labute approximate surface area is 149 Å². The predicted octanol–water partition coefficient (Wildman–Crippen LogP) is 3.23. The minimum Gasteiger partial charge on any atom is -0.480 e. The first-order valence-corrected chi connectivity index (χ1v) is 8.30. The van der Waals surface area contributed by atoms with Crippen LogP contribution in [-0.2, 0) is 17.8 Å². The van der Waals surface area contributed by atoms with E-state index in [4.69, 9.17) is 5.11 Å². The quantitative estimate of drug-likeness (QED) is 0.617. The Kier molecular flexibility index (Phi) is 3.97. The highest BCUT2D eigenvalue weighted by atomic mass is 16.4. The summed E-state index contributed by atoms with van der Waals surface area (Å²) in [5.74, 6) is -1.09. The lowest BCUT2D eigenvalue weighted by Gasteiger charge is -2.11. The van der Waals surface area contributed by atoms with Crippen LogP contribution in [0.5, 0.6) is 0 Å². The number of aromatic nitrogens is 2. The van der Waals surface area contributed by atoms with Gasteiger partial charge >= 0.3 is 5.97 Å². The second kappa shape index (κ2) is 6.44.